The van der Waals surface area contributed by atoms with Crippen LogP contribution in [-0.2, 0) is 17.4 Å². The molecule has 0 N–H and O–H groups in total. The molecule has 1 amide bonds. The topological polar surface area (TPSA) is 61.9 Å². The summed E-state index contributed by atoms with van der Waals surface area (Å²) < 4.78 is 40.4. The van der Waals surface area contributed by atoms with Crippen LogP contribution in [0.3, 0.4) is 0 Å². The van der Waals surface area contributed by atoms with Crippen LogP contribution in [0.25, 0.3) is 5.69 Å². The fourth-order valence-corrected chi connectivity index (χ4v) is 3.13. The smallest absolute Gasteiger partial charge is 0.326 e. The summed E-state index contributed by atoms with van der Waals surface area (Å²) in [5, 5.41) is 13.3. The molecule has 0 spiro atoms. The van der Waals surface area contributed by atoms with Crippen molar-refractivity contribution in [1.82, 2.24) is 14.7 Å². The van der Waals surface area contributed by atoms with Gasteiger partial charge < -0.3 is 4.90 Å². The van der Waals surface area contributed by atoms with Crippen molar-refractivity contribution in [3.63, 3.8) is 0 Å². The van der Waals surface area contributed by atoms with Crippen LogP contribution in [0, 0.1) is 25.2 Å². The molecular formula is C19H19F3N4O. The summed E-state index contributed by atoms with van der Waals surface area (Å²) >= 11 is 0. The highest BCUT2D eigenvalue weighted by atomic mass is 19.4. The second-order valence-electron chi connectivity index (χ2n) is 6.70. The van der Waals surface area contributed by atoms with Crippen LogP contribution in [0.4, 0.5) is 13.2 Å². The van der Waals surface area contributed by atoms with Gasteiger partial charge >= 0.3 is 6.18 Å². The van der Waals surface area contributed by atoms with Gasteiger partial charge in [-0.15, -0.1) is 0 Å². The predicted octanol–water partition coefficient (Wildman–Crippen LogP) is 3.57. The molecule has 8 heteroatoms. The van der Waals surface area contributed by atoms with Gasteiger partial charge in [0.2, 0.25) is 5.91 Å². The second kappa shape index (κ2) is 7.06. The molecule has 1 saturated carbocycles. The number of carbonyl (C=O) groups excluding carboxylic acids is 1. The van der Waals surface area contributed by atoms with E-state index in [0.717, 1.165) is 25.0 Å². The Hall–Kier alpha value is -2.82. The van der Waals surface area contributed by atoms with Gasteiger partial charge in [-0.1, -0.05) is 6.07 Å². The van der Waals surface area contributed by atoms with Crippen molar-refractivity contribution in [2.24, 2.45) is 0 Å². The number of nitriles is 1. The molecule has 0 unspecified atom stereocenters. The third-order valence-corrected chi connectivity index (χ3v) is 4.74. The molecule has 1 aromatic heterocycles. The molecule has 0 bridgehead atoms. The van der Waals surface area contributed by atoms with E-state index in [1.54, 1.807) is 24.8 Å². The van der Waals surface area contributed by atoms with Crippen molar-refractivity contribution in [1.29, 1.82) is 5.26 Å². The first-order chi connectivity index (χ1) is 12.7. The zero-order valence-corrected chi connectivity index (χ0v) is 15.0. The molecule has 1 aromatic carbocycles. The summed E-state index contributed by atoms with van der Waals surface area (Å²) in [4.78, 5) is 14.2. The van der Waals surface area contributed by atoms with E-state index in [1.165, 1.54) is 10.7 Å². The van der Waals surface area contributed by atoms with Crippen molar-refractivity contribution >= 4 is 5.91 Å². The van der Waals surface area contributed by atoms with Crippen LogP contribution in [0.2, 0.25) is 0 Å². The van der Waals surface area contributed by atoms with Gasteiger partial charge in [0.15, 0.2) is 0 Å². The Morgan fingerprint density at radius 2 is 2.07 bits per heavy atom. The number of aromatic nitrogens is 2. The quantitative estimate of drug-likeness (QED) is 0.750. The monoisotopic (exact) mass is 376 g/mol. The SMILES string of the molecule is Cc1nn(-c2cccc(C(F)(F)F)c2)c(C)c1CC(=O)N(CC#N)C1CC1. The van der Waals surface area contributed by atoms with Crippen LogP contribution < -0.4 is 0 Å². The predicted molar refractivity (Wildman–Crippen MR) is 92.1 cm³/mol. The standard InChI is InChI=1S/C19H19F3N4O/c1-12-17(11-18(27)25(9-8-23)15-6-7-15)13(2)26(24-12)16-5-3-4-14(10-16)19(20,21)22/h3-5,10,15H,6-7,9,11H2,1-2H3. The highest BCUT2D eigenvalue weighted by Crippen LogP contribution is 2.31. The average Bonchev–Trinajstić information content (AvgIpc) is 3.41. The van der Waals surface area contributed by atoms with Crippen LogP contribution in [-0.4, -0.2) is 33.2 Å². The number of alkyl halides is 3. The fraction of sp³-hybridized carbons (Fsp3) is 0.421. The van der Waals surface area contributed by atoms with Crippen molar-refractivity contribution < 1.29 is 18.0 Å². The van der Waals surface area contributed by atoms with Crippen LogP contribution in [0.15, 0.2) is 24.3 Å². The summed E-state index contributed by atoms with van der Waals surface area (Å²) in [7, 11) is 0. The van der Waals surface area contributed by atoms with E-state index >= 15 is 0 Å². The molecule has 0 saturated heterocycles. The van der Waals surface area contributed by atoms with E-state index in [2.05, 4.69) is 5.10 Å². The minimum atomic E-state index is -4.44. The van der Waals surface area contributed by atoms with Crippen molar-refractivity contribution in [3.05, 3.63) is 46.8 Å². The Morgan fingerprint density at radius 1 is 1.37 bits per heavy atom. The van der Waals surface area contributed by atoms with Crippen LogP contribution in [0.1, 0.15) is 35.4 Å². The largest absolute Gasteiger partial charge is 0.416 e. The van der Waals surface area contributed by atoms with E-state index in [4.69, 9.17) is 5.26 Å². The summed E-state index contributed by atoms with van der Waals surface area (Å²) in [5.41, 5.74) is 1.43. The first-order valence-corrected chi connectivity index (χ1v) is 8.61. The summed E-state index contributed by atoms with van der Waals surface area (Å²) in [6.45, 7) is 3.50. The molecule has 0 atom stereocenters. The van der Waals surface area contributed by atoms with Crippen LogP contribution >= 0.6 is 0 Å². The van der Waals surface area contributed by atoms with Gasteiger partial charge in [-0.25, -0.2) is 4.68 Å². The van der Waals surface area contributed by atoms with Gasteiger partial charge in [-0.2, -0.15) is 23.5 Å². The van der Waals surface area contributed by atoms with E-state index in [1.807, 2.05) is 6.07 Å². The summed E-state index contributed by atoms with van der Waals surface area (Å²) in [6, 6.07) is 7.07. The fourth-order valence-electron chi connectivity index (χ4n) is 3.13. The highest BCUT2D eigenvalue weighted by Gasteiger charge is 2.33. The number of hydrogen-bond acceptors (Lipinski definition) is 3. The number of aryl methyl sites for hydroxylation is 1. The molecule has 5 nitrogen and oxygen atoms in total. The molecule has 142 valence electrons. The number of nitrogens with zero attached hydrogens (tertiary/aromatic N) is 4. The van der Waals surface area contributed by atoms with Crippen molar-refractivity contribution in [2.75, 3.05) is 6.54 Å². The number of carbonyl (C=O) groups is 1. The third kappa shape index (κ3) is 3.97. The number of hydrogen-bond donors (Lipinski definition) is 0. The maximum atomic E-state index is 13.0. The number of halogens is 3. The lowest BCUT2D eigenvalue weighted by atomic mass is 10.1. The van der Waals surface area contributed by atoms with Crippen molar-refractivity contribution in [3.8, 4) is 11.8 Å². The van der Waals surface area contributed by atoms with Gasteiger partial charge in [0.1, 0.15) is 6.54 Å². The molecule has 3 rings (SSSR count). The molecule has 27 heavy (non-hydrogen) atoms. The minimum Gasteiger partial charge on any atom is -0.326 e. The maximum absolute atomic E-state index is 13.0. The Labute approximate surface area is 155 Å². The number of benzene rings is 1. The van der Waals surface area contributed by atoms with Crippen LogP contribution in [0.5, 0.6) is 0 Å². The first-order valence-electron chi connectivity index (χ1n) is 8.61. The molecule has 1 fully saturated rings. The molecular weight excluding hydrogens is 357 g/mol. The Balaban J connectivity index is 1.89. The lowest BCUT2D eigenvalue weighted by Gasteiger charge is -2.19. The molecule has 0 radical (unpaired) electrons. The normalized spacial score (nSPS) is 14.1. The number of amides is 1. The molecule has 1 aliphatic rings. The van der Waals surface area contributed by atoms with Gasteiger partial charge in [-0.05, 0) is 44.9 Å². The summed E-state index contributed by atoms with van der Waals surface area (Å²) in [6.07, 6.45) is -2.56. The van der Waals surface area contributed by atoms with E-state index in [9.17, 15) is 18.0 Å². The minimum absolute atomic E-state index is 0.0450. The average molecular weight is 376 g/mol. The van der Waals surface area contributed by atoms with E-state index < -0.39 is 11.7 Å². The third-order valence-electron chi connectivity index (χ3n) is 4.74. The first kappa shape index (κ1) is 19.0. The molecule has 1 aliphatic carbocycles. The summed E-state index contributed by atoms with van der Waals surface area (Å²) in [5.74, 6) is -0.158. The van der Waals surface area contributed by atoms with E-state index in [-0.39, 0.29) is 24.9 Å². The molecule has 0 aliphatic heterocycles. The zero-order chi connectivity index (χ0) is 19.8. The van der Waals surface area contributed by atoms with Gasteiger partial charge in [0, 0.05) is 17.3 Å². The Bertz CT molecular complexity index is 907. The highest BCUT2D eigenvalue weighted by molar-refractivity contribution is 5.80. The van der Waals surface area contributed by atoms with Crippen molar-refractivity contribution in [2.45, 2.75) is 45.3 Å². The van der Waals surface area contributed by atoms with Gasteiger partial charge in [-0.3, -0.25) is 4.79 Å². The lowest BCUT2D eigenvalue weighted by Crippen LogP contribution is -2.34. The maximum Gasteiger partial charge on any atom is 0.416 e. The molecule has 1 heterocycles. The van der Waals surface area contributed by atoms with Gasteiger partial charge in [0.05, 0.1) is 29.4 Å². The van der Waals surface area contributed by atoms with E-state index in [0.29, 0.717) is 22.6 Å². The zero-order valence-electron chi connectivity index (χ0n) is 15.0. The second-order valence-corrected chi connectivity index (χ2v) is 6.70. The van der Waals surface area contributed by atoms with Gasteiger partial charge in [0.25, 0.3) is 0 Å². The molecule has 2 aromatic rings. The Morgan fingerprint density at radius 3 is 2.67 bits per heavy atom. The number of rotatable bonds is 5. The lowest BCUT2D eigenvalue weighted by molar-refractivity contribution is -0.137. The Kier molecular flexibility index (Phi) is 4.96.